The average Bonchev–Trinajstić information content (AvgIpc) is 3.50. The summed E-state index contributed by atoms with van der Waals surface area (Å²) in [6.45, 7) is 0. The highest BCUT2D eigenvalue weighted by Crippen LogP contribution is 2.57. The molecule has 9 aromatic rings. The Bertz CT molecular complexity index is 2870. The number of fused-ring (bicyclic) bond motifs is 8. The Morgan fingerprint density at radius 3 is 1.83 bits per heavy atom. The van der Waals surface area contributed by atoms with E-state index in [1.54, 1.807) is 0 Å². The van der Waals surface area contributed by atoms with E-state index < -0.39 is 5.41 Å². The number of pyridine rings is 1. The third-order valence-corrected chi connectivity index (χ3v) is 10.8. The fourth-order valence-corrected chi connectivity index (χ4v) is 8.52. The highest BCUT2D eigenvalue weighted by atomic mass is 19.1. The zero-order valence-electron chi connectivity index (χ0n) is 28.0. The topological polar surface area (TPSA) is 36.7 Å². The summed E-state index contributed by atoms with van der Waals surface area (Å²) in [7, 11) is 0. The van der Waals surface area contributed by atoms with Crippen LogP contribution in [-0.4, -0.2) is 4.98 Å². The van der Waals surface area contributed by atoms with Gasteiger partial charge in [0, 0.05) is 21.7 Å². The Labute approximate surface area is 300 Å². The van der Waals surface area contributed by atoms with E-state index in [2.05, 4.69) is 152 Å². The molecule has 0 spiro atoms. The first-order chi connectivity index (χ1) is 25.6. The number of halogens is 1. The van der Waals surface area contributed by atoms with E-state index in [1.165, 1.54) is 17.7 Å². The van der Waals surface area contributed by atoms with Gasteiger partial charge in [0.2, 0.25) is 0 Å². The first-order valence-corrected chi connectivity index (χ1v) is 17.5. The number of aromatic nitrogens is 1. The van der Waals surface area contributed by atoms with Crippen molar-refractivity contribution >= 4 is 32.4 Å². The van der Waals surface area contributed by atoms with Crippen molar-refractivity contribution < 1.29 is 4.39 Å². The second-order valence-corrected chi connectivity index (χ2v) is 13.5. The monoisotopic (exact) mass is 664 g/mol. The highest BCUT2D eigenvalue weighted by molar-refractivity contribution is 6.22. The minimum Gasteiger partial charge on any atom is -0.247 e. The van der Waals surface area contributed by atoms with E-state index in [9.17, 15) is 9.65 Å². The third-order valence-electron chi connectivity index (χ3n) is 10.8. The maximum Gasteiger partial charge on any atom is 0.123 e. The number of hydrogen-bond acceptors (Lipinski definition) is 2. The van der Waals surface area contributed by atoms with Crippen molar-refractivity contribution in [2.45, 2.75) is 5.41 Å². The maximum atomic E-state index is 14.1. The number of rotatable bonds is 4. The van der Waals surface area contributed by atoms with Crippen LogP contribution in [0.25, 0.3) is 66.0 Å². The molecule has 8 aromatic carbocycles. The van der Waals surface area contributed by atoms with Crippen molar-refractivity contribution in [3.8, 4) is 39.6 Å². The summed E-state index contributed by atoms with van der Waals surface area (Å²) in [6, 6.07) is 62.5. The van der Waals surface area contributed by atoms with Gasteiger partial charge in [-0.05, 0) is 104 Å². The lowest BCUT2D eigenvalue weighted by molar-refractivity contribution is 0.628. The van der Waals surface area contributed by atoms with Crippen molar-refractivity contribution in [2.24, 2.45) is 0 Å². The minimum absolute atomic E-state index is 0.272. The fraction of sp³-hybridized carbons (Fsp3) is 0.0204. The second-order valence-electron chi connectivity index (χ2n) is 13.5. The SMILES string of the molecule is N#Cc1ccc2c(c1)C(c1ccccc1)(c1ccccc1)c1cc(-c3ccc4c(c3)nc(-c3ccc(F)cc3)c3ccc5ccccc5c34)ccc1-2. The van der Waals surface area contributed by atoms with Crippen LogP contribution in [0.15, 0.2) is 176 Å². The quantitative estimate of drug-likeness (QED) is 0.176. The van der Waals surface area contributed by atoms with Crippen LogP contribution in [0.3, 0.4) is 0 Å². The Balaban J connectivity index is 1.24. The van der Waals surface area contributed by atoms with Crippen LogP contribution in [0.2, 0.25) is 0 Å². The van der Waals surface area contributed by atoms with Gasteiger partial charge in [0.05, 0.1) is 28.3 Å². The molecule has 242 valence electrons. The van der Waals surface area contributed by atoms with E-state index in [-0.39, 0.29) is 5.82 Å². The van der Waals surface area contributed by atoms with Crippen LogP contribution in [0.5, 0.6) is 0 Å². The highest BCUT2D eigenvalue weighted by Gasteiger charge is 2.46. The van der Waals surface area contributed by atoms with Gasteiger partial charge in [-0.2, -0.15) is 5.26 Å². The van der Waals surface area contributed by atoms with Crippen molar-refractivity contribution in [3.05, 3.63) is 210 Å². The summed E-state index contributed by atoms with van der Waals surface area (Å²) in [6.07, 6.45) is 0. The molecule has 0 aliphatic heterocycles. The molecule has 3 heteroatoms. The summed E-state index contributed by atoms with van der Waals surface area (Å²) in [4.78, 5) is 5.29. The molecule has 1 heterocycles. The number of hydrogen-bond donors (Lipinski definition) is 0. The standard InChI is InChI=1S/C49H29FN2/c50-38-21-16-33(17-22-38)48-43-26-18-32-9-7-8-14-39(32)47(43)42-25-20-35(29-46(42)52-48)34-19-24-41-40-23-15-31(30-51)27-44(40)49(45(41)28-34,36-10-3-1-4-11-36)37-12-5-2-6-13-37/h1-29H. The molecule has 0 N–H and O–H groups in total. The summed E-state index contributed by atoms with van der Waals surface area (Å²) in [5.41, 5.74) is 11.6. The summed E-state index contributed by atoms with van der Waals surface area (Å²) in [5, 5.41) is 15.6. The van der Waals surface area contributed by atoms with Crippen LogP contribution < -0.4 is 0 Å². The van der Waals surface area contributed by atoms with Crippen LogP contribution in [0, 0.1) is 17.1 Å². The van der Waals surface area contributed by atoms with Crippen LogP contribution in [0.4, 0.5) is 4.39 Å². The summed E-state index contributed by atoms with van der Waals surface area (Å²) >= 11 is 0. The molecule has 2 nitrogen and oxygen atoms in total. The first kappa shape index (κ1) is 30.0. The van der Waals surface area contributed by atoms with Crippen LogP contribution >= 0.6 is 0 Å². The van der Waals surface area contributed by atoms with Gasteiger partial charge in [0.25, 0.3) is 0 Å². The van der Waals surface area contributed by atoms with E-state index in [0.29, 0.717) is 5.56 Å². The van der Waals surface area contributed by atoms with E-state index in [0.717, 1.165) is 82.6 Å². The minimum atomic E-state index is -0.629. The molecule has 0 unspecified atom stereocenters. The molecule has 10 rings (SSSR count). The van der Waals surface area contributed by atoms with Crippen LogP contribution in [0.1, 0.15) is 27.8 Å². The number of benzene rings is 8. The Hall–Kier alpha value is -6.89. The van der Waals surface area contributed by atoms with Crippen molar-refractivity contribution in [1.82, 2.24) is 4.98 Å². The molecular formula is C49H29FN2. The lowest BCUT2D eigenvalue weighted by Crippen LogP contribution is -2.28. The van der Waals surface area contributed by atoms with Gasteiger partial charge in [-0.3, -0.25) is 0 Å². The molecule has 1 aliphatic carbocycles. The second kappa shape index (κ2) is 11.6. The first-order valence-electron chi connectivity index (χ1n) is 17.5. The largest absolute Gasteiger partial charge is 0.247 e. The molecule has 0 saturated heterocycles. The fourth-order valence-electron chi connectivity index (χ4n) is 8.52. The molecule has 0 saturated carbocycles. The van der Waals surface area contributed by atoms with E-state index in [1.807, 2.05) is 18.2 Å². The van der Waals surface area contributed by atoms with Gasteiger partial charge in [0.15, 0.2) is 0 Å². The van der Waals surface area contributed by atoms with Crippen molar-refractivity contribution in [2.75, 3.05) is 0 Å². The normalized spacial score (nSPS) is 12.8. The average molecular weight is 665 g/mol. The molecule has 0 bridgehead atoms. The zero-order chi connectivity index (χ0) is 34.8. The third kappa shape index (κ3) is 4.38. The molecule has 0 fully saturated rings. The number of nitrogens with zero attached hydrogens (tertiary/aromatic N) is 2. The molecule has 0 radical (unpaired) electrons. The molecular weight excluding hydrogens is 636 g/mol. The van der Waals surface area contributed by atoms with E-state index in [4.69, 9.17) is 4.98 Å². The van der Waals surface area contributed by atoms with Gasteiger partial charge in [-0.1, -0.05) is 127 Å². The lowest BCUT2D eigenvalue weighted by Gasteiger charge is -2.34. The molecule has 52 heavy (non-hydrogen) atoms. The van der Waals surface area contributed by atoms with Gasteiger partial charge in [0.1, 0.15) is 5.82 Å². The van der Waals surface area contributed by atoms with Gasteiger partial charge in [-0.25, -0.2) is 9.37 Å². The molecule has 0 amide bonds. The molecule has 0 atom stereocenters. The zero-order valence-corrected chi connectivity index (χ0v) is 28.0. The summed E-state index contributed by atoms with van der Waals surface area (Å²) < 4.78 is 14.1. The predicted molar refractivity (Wildman–Crippen MR) is 210 cm³/mol. The van der Waals surface area contributed by atoms with Crippen LogP contribution in [-0.2, 0) is 5.41 Å². The lowest BCUT2D eigenvalue weighted by atomic mass is 9.67. The smallest absolute Gasteiger partial charge is 0.123 e. The molecule has 1 aromatic heterocycles. The van der Waals surface area contributed by atoms with Gasteiger partial charge >= 0.3 is 0 Å². The maximum absolute atomic E-state index is 14.1. The van der Waals surface area contributed by atoms with Gasteiger partial charge < -0.3 is 0 Å². The van der Waals surface area contributed by atoms with E-state index >= 15 is 0 Å². The van der Waals surface area contributed by atoms with Gasteiger partial charge in [-0.15, -0.1) is 0 Å². The Kier molecular flexibility index (Phi) is 6.68. The molecule has 1 aliphatic rings. The van der Waals surface area contributed by atoms with Crippen molar-refractivity contribution in [1.29, 1.82) is 5.26 Å². The summed E-state index contributed by atoms with van der Waals surface area (Å²) in [5.74, 6) is -0.272. The van der Waals surface area contributed by atoms with Crippen molar-refractivity contribution in [3.63, 3.8) is 0 Å². The number of nitriles is 1. The predicted octanol–water partition coefficient (Wildman–Crippen LogP) is 12.2. The Morgan fingerprint density at radius 2 is 1.10 bits per heavy atom. The Morgan fingerprint density at radius 1 is 0.500 bits per heavy atom.